The van der Waals surface area contributed by atoms with Crippen LogP contribution in [0.5, 0.6) is 5.75 Å². The molecule has 0 atom stereocenters. The van der Waals surface area contributed by atoms with E-state index in [9.17, 15) is 9.59 Å². The van der Waals surface area contributed by atoms with Gasteiger partial charge in [0.1, 0.15) is 12.3 Å². The van der Waals surface area contributed by atoms with Gasteiger partial charge in [-0.3, -0.25) is 9.59 Å². The van der Waals surface area contributed by atoms with Gasteiger partial charge >= 0.3 is 5.97 Å². The van der Waals surface area contributed by atoms with Crippen molar-refractivity contribution in [3.8, 4) is 5.75 Å². The molecule has 0 fully saturated rings. The summed E-state index contributed by atoms with van der Waals surface area (Å²) in [6.07, 6.45) is 0. The van der Waals surface area contributed by atoms with E-state index in [0.29, 0.717) is 17.0 Å². The summed E-state index contributed by atoms with van der Waals surface area (Å²) in [5.74, 6) is -0.171. The van der Waals surface area contributed by atoms with Crippen LogP contribution in [0, 0.1) is 0 Å². The Balaban J connectivity index is 2.98. The predicted octanol–water partition coefficient (Wildman–Crippen LogP) is 1.69. The summed E-state index contributed by atoms with van der Waals surface area (Å²) in [6, 6.07) is 4.68. The number of methoxy groups -OCH3 is 1. The lowest BCUT2D eigenvalue weighted by molar-refractivity contribution is -0.144. The molecule has 1 aromatic carbocycles. The van der Waals surface area contributed by atoms with Crippen LogP contribution < -0.4 is 10.5 Å². The molecular formula is C15H22N2O4. The van der Waals surface area contributed by atoms with Crippen LogP contribution >= 0.6 is 0 Å². The molecule has 0 saturated carbocycles. The zero-order valence-electron chi connectivity index (χ0n) is 12.9. The van der Waals surface area contributed by atoms with Gasteiger partial charge in [-0.1, -0.05) is 0 Å². The Morgan fingerprint density at radius 3 is 2.48 bits per heavy atom. The van der Waals surface area contributed by atoms with Gasteiger partial charge < -0.3 is 20.1 Å². The summed E-state index contributed by atoms with van der Waals surface area (Å²) >= 11 is 0. The van der Waals surface area contributed by atoms with Gasteiger partial charge in [0.15, 0.2) is 0 Å². The molecule has 1 aromatic rings. The van der Waals surface area contributed by atoms with E-state index < -0.39 is 5.97 Å². The van der Waals surface area contributed by atoms with Gasteiger partial charge in [0.25, 0.3) is 5.91 Å². The van der Waals surface area contributed by atoms with E-state index in [4.69, 9.17) is 15.2 Å². The average molecular weight is 294 g/mol. The Kier molecular flexibility index (Phi) is 6.02. The second-order valence-corrected chi connectivity index (χ2v) is 4.79. The number of hydrogen-bond acceptors (Lipinski definition) is 5. The summed E-state index contributed by atoms with van der Waals surface area (Å²) in [6.45, 7) is 5.56. The third-order valence-corrected chi connectivity index (χ3v) is 2.98. The van der Waals surface area contributed by atoms with Crippen LogP contribution in [-0.2, 0) is 9.53 Å². The standard InChI is InChI=1S/C15H22N2O4/c1-5-21-14(18)9-17(10(2)3)15(19)12-7-6-11(20-4)8-13(12)16/h6-8,10H,5,9,16H2,1-4H3. The Morgan fingerprint density at radius 2 is 2.00 bits per heavy atom. The van der Waals surface area contributed by atoms with Gasteiger partial charge in [-0.25, -0.2) is 0 Å². The molecule has 116 valence electrons. The SMILES string of the molecule is CCOC(=O)CN(C(=O)c1ccc(OC)cc1N)C(C)C. The number of hydrogen-bond donors (Lipinski definition) is 1. The molecule has 0 aliphatic carbocycles. The Bertz CT molecular complexity index is 514. The monoisotopic (exact) mass is 294 g/mol. The fraction of sp³-hybridized carbons (Fsp3) is 0.467. The van der Waals surface area contributed by atoms with Gasteiger partial charge in [0, 0.05) is 17.8 Å². The zero-order valence-corrected chi connectivity index (χ0v) is 12.9. The normalized spacial score (nSPS) is 10.3. The minimum absolute atomic E-state index is 0.101. The van der Waals surface area contributed by atoms with Crippen molar-refractivity contribution in [2.24, 2.45) is 0 Å². The number of esters is 1. The number of rotatable bonds is 6. The van der Waals surface area contributed by atoms with Crippen molar-refractivity contribution >= 4 is 17.6 Å². The lowest BCUT2D eigenvalue weighted by Crippen LogP contribution is -2.41. The molecule has 0 radical (unpaired) electrons. The zero-order chi connectivity index (χ0) is 16.0. The number of anilines is 1. The van der Waals surface area contributed by atoms with E-state index in [-0.39, 0.29) is 25.1 Å². The highest BCUT2D eigenvalue weighted by Gasteiger charge is 2.23. The summed E-state index contributed by atoms with van der Waals surface area (Å²) in [5, 5.41) is 0. The fourth-order valence-electron chi connectivity index (χ4n) is 1.85. The molecule has 1 rings (SSSR count). The van der Waals surface area contributed by atoms with Crippen LogP contribution in [0.4, 0.5) is 5.69 Å². The van der Waals surface area contributed by atoms with Crippen molar-refractivity contribution in [3.63, 3.8) is 0 Å². The van der Waals surface area contributed by atoms with Crippen LogP contribution in [0.3, 0.4) is 0 Å². The van der Waals surface area contributed by atoms with Crippen LogP contribution in [-0.4, -0.2) is 43.1 Å². The lowest BCUT2D eigenvalue weighted by atomic mass is 10.1. The molecule has 6 heteroatoms. The van der Waals surface area contributed by atoms with Crippen LogP contribution in [0.1, 0.15) is 31.1 Å². The van der Waals surface area contributed by atoms with Gasteiger partial charge in [0.2, 0.25) is 0 Å². The minimum Gasteiger partial charge on any atom is -0.497 e. The molecule has 0 aliphatic heterocycles. The highest BCUT2D eigenvalue weighted by molar-refractivity contribution is 6.00. The summed E-state index contributed by atoms with van der Waals surface area (Å²) in [7, 11) is 1.53. The largest absolute Gasteiger partial charge is 0.497 e. The number of carbonyl (C=O) groups excluding carboxylic acids is 2. The number of amides is 1. The van der Waals surface area contributed by atoms with E-state index in [2.05, 4.69) is 0 Å². The number of nitrogen functional groups attached to an aromatic ring is 1. The molecule has 0 heterocycles. The van der Waals surface area contributed by atoms with Gasteiger partial charge in [-0.05, 0) is 32.9 Å². The average Bonchev–Trinajstić information content (AvgIpc) is 2.43. The smallest absolute Gasteiger partial charge is 0.325 e. The Labute approximate surface area is 124 Å². The molecule has 21 heavy (non-hydrogen) atoms. The number of nitrogens with zero attached hydrogens (tertiary/aromatic N) is 1. The van der Waals surface area contributed by atoms with Crippen molar-refractivity contribution in [1.29, 1.82) is 0 Å². The summed E-state index contributed by atoms with van der Waals surface area (Å²) in [4.78, 5) is 25.6. The van der Waals surface area contributed by atoms with Crippen molar-refractivity contribution < 1.29 is 19.1 Å². The maximum Gasteiger partial charge on any atom is 0.325 e. The summed E-state index contributed by atoms with van der Waals surface area (Å²) < 4.78 is 9.95. The van der Waals surface area contributed by atoms with E-state index >= 15 is 0 Å². The van der Waals surface area contributed by atoms with Gasteiger partial charge in [-0.15, -0.1) is 0 Å². The van der Waals surface area contributed by atoms with E-state index in [0.717, 1.165) is 0 Å². The highest BCUT2D eigenvalue weighted by atomic mass is 16.5. The molecule has 0 bridgehead atoms. The van der Waals surface area contributed by atoms with Gasteiger partial charge in [0.05, 0.1) is 19.3 Å². The van der Waals surface area contributed by atoms with Crippen LogP contribution in [0.15, 0.2) is 18.2 Å². The topological polar surface area (TPSA) is 81.9 Å². The molecule has 1 amide bonds. The molecule has 0 aliphatic rings. The van der Waals surface area contributed by atoms with E-state index in [1.165, 1.54) is 12.0 Å². The fourth-order valence-corrected chi connectivity index (χ4v) is 1.85. The molecule has 2 N–H and O–H groups in total. The van der Waals surface area contributed by atoms with Crippen molar-refractivity contribution in [3.05, 3.63) is 23.8 Å². The third kappa shape index (κ3) is 4.37. The van der Waals surface area contributed by atoms with E-state index in [1.807, 2.05) is 13.8 Å². The minimum atomic E-state index is -0.438. The number of nitrogens with two attached hydrogens (primary N) is 1. The Hall–Kier alpha value is -2.24. The van der Waals surface area contributed by atoms with Gasteiger partial charge in [-0.2, -0.15) is 0 Å². The van der Waals surface area contributed by atoms with Crippen molar-refractivity contribution in [2.75, 3.05) is 26.0 Å². The Morgan fingerprint density at radius 1 is 1.33 bits per heavy atom. The maximum absolute atomic E-state index is 12.5. The third-order valence-electron chi connectivity index (χ3n) is 2.98. The first-order chi connectivity index (χ1) is 9.90. The van der Waals surface area contributed by atoms with E-state index in [1.54, 1.807) is 25.1 Å². The number of ether oxygens (including phenoxy) is 2. The molecule has 0 unspecified atom stereocenters. The predicted molar refractivity (Wildman–Crippen MR) is 80.2 cm³/mol. The van der Waals surface area contributed by atoms with Crippen molar-refractivity contribution in [1.82, 2.24) is 4.90 Å². The molecule has 0 spiro atoms. The second-order valence-electron chi connectivity index (χ2n) is 4.79. The van der Waals surface area contributed by atoms with Crippen molar-refractivity contribution in [2.45, 2.75) is 26.8 Å². The quantitative estimate of drug-likeness (QED) is 0.638. The van der Waals surface area contributed by atoms with Crippen LogP contribution in [0.25, 0.3) is 0 Å². The molecule has 0 saturated heterocycles. The lowest BCUT2D eigenvalue weighted by Gasteiger charge is -2.26. The van der Waals surface area contributed by atoms with Crippen LogP contribution in [0.2, 0.25) is 0 Å². The first-order valence-electron chi connectivity index (χ1n) is 6.80. The second kappa shape index (κ2) is 7.52. The molecular weight excluding hydrogens is 272 g/mol. The maximum atomic E-state index is 12.5. The summed E-state index contributed by atoms with van der Waals surface area (Å²) in [5.41, 5.74) is 6.54. The molecule has 6 nitrogen and oxygen atoms in total. The first kappa shape index (κ1) is 16.8. The molecule has 0 aromatic heterocycles. The highest BCUT2D eigenvalue weighted by Crippen LogP contribution is 2.21. The number of benzene rings is 1. The first-order valence-corrected chi connectivity index (χ1v) is 6.80. The number of carbonyl (C=O) groups is 2.